The molecule has 0 radical (unpaired) electrons. The molecular weight excluding hydrogens is 406 g/mol. The van der Waals surface area contributed by atoms with E-state index in [0.29, 0.717) is 25.3 Å². The molecule has 7 nitrogen and oxygen atoms in total. The molecule has 0 fully saturated rings. The molecule has 3 atom stereocenters. The Balaban J connectivity index is 2.82. The van der Waals surface area contributed by atoms with Crippen molar-refractivity contribution in [2.75, 3.05) is 13.1 Å². The maximum Gasteiger partial charge on any atom is 0.407 e. The highest BCUT2D eigenvalue weighted by molar-refractivity contribution is 5.81. The van der Waals surface area contributed by atoms with E-state index in [-0.39, 0.29) is 18.5 Å². The molecule has 0 spiro atoms. The number of ether oxygens (including phenoxy) is 1. The van der Waals surface area contributed by atoms with E-state index in [2.05, 4.69) is 36.7 Å². The molecule has 0 aliphatic rings. The molecule has 182 valence electrons. The van der Waals surface area contributed by atoms with Crippen LogP contribution in [0, 0.1) is 5.92 Å². The Labute approximate surface area is 193 Å². The molecule has 2 amide bonds. The van der Waals surface area contributed by atoms with Gasteiger partial charge in [0, 0.05) is 13.1 Å². The number of amides is 2. The first-order valence-electron chi connectivity index (χ1n) is 11.7. The summed E-state index contributed by atoms with van der Waals surface area (Å²) in [6.07, 6.45) is 1.55. The zero-order chi connectivity index (χ0) is 24.1. The van der Waals surface area contributed by atoms with Crippen molar-refractivity contribution in [2.24, 2.45) is 5.92 Å². The lowest BCUT2D eigenvalue weighted by molar-refractivity contribution is -0.123. The van der Waals surface area contributed by atoms with Crippen LogP contribution in [0.5, 0.6) is 0 Å². The first kappa shape index (κ1) is 27.9. The highest BCUT2D eigenvalue weighted by Crippen LogP contribution is 2.11. The maximum atomic E-state index is 12.6. The number of rotatable bonds is 13. The van der Waals surface area contributed by atoms with Crippen molar-refractivity contribution in [1.29, 1.82) is 0 Å². The van der Waals surface area contributed by atoms with Crippen LogP contribution in [0.15, 0.2) is 30.3 Å². The van der Waals surface area contributed by atoms with Crippen molar-refractivity contribution in [2.45, 2.75) is 91.0 Å². The van der Waals surface area contributed by atoms with Crippen molar-refractivity contribution in [1.82, 2.24) is 16.0 Å². The summed E-state index contributed by atoms with van der Waals surface area (Å²) in [7, 11) is 0. The fourth-order valence-electron chi connectivity index (χ4n) is 3.18. The van der Waals surface area contributed by atoms with Crippen LogP contribution in [-0.4, -0.2) is 54.0 Å². The lowest BCUT2D eigenvalue weighted by Crippen LogP contribution is -2.53. The minimum Gasteiger partial charge on any atom is -0.444 e. The van der Waals surface area contributed by atoms with Gasteiger partial charge in [0.2, 0.25) is 5.91 Å². The molecule has 0 bridgehead atoms. The molecule has 0 heterocycles. The summed E-state index contributed by atoms with van der Waals surface area (Å²) < 4.78 is 5.38. The highest BCUT2D eigenvalue weighted by Gasteiger charge is 2.26. The number of nitrogens with one attached hydrogen (secondary N) is 3. The number of hydrogen-bond acceptors (Lipinski definition) is 5. The third-order valence-electron chi connectivity index (χ3n) is 4.89. The molecule has 32 heavy (non-hydrogen) atoms. The Morgan fingerprint density at radius 3 is 2.31 bits per heavy atom. The zero-order valence-corrected chi connectivity index (χ0v) is 20.6. The lowest BCUT2D eigenvalue weighted by Gasteiger charge is -2.28. The fourth-order valence-corrected chi connectivity index (χ4v) is 3.18. The average Bonchev–Trinajstić information content (AvgIpc) is 2.70. The summed E-state index contributed by atoms with van der Waals surface area (Å²) in [4.78, 5) is 25.0. The number of hydrogen-bond donors (Lipinski definition) is 4. The van der Waals surface area contributed by atoms with Gasteiger partial charge in [0.15, 0.2) is 0 Å². The molecule has 0 saturated heterocycles. The van der Waals surface area contributed by atoms with Crippen LogP contribution in [0.1, 0.15) is 66.4 Å². The number of carbonyl (C=O) groups is 2. The Kier molecular flexibility index (Phi) is 12.3. The fraction of sp³-hybridized carbons (Fsp3) is 0.680. The minimum atomic E-state index is -0.898. The number of alkyl carbamates (subject to hydrolysis) is 1. The average molecular weight is 450 g/mol. The molecule has 4 N–H and O–H groups in total. The topological polar surface area (TPSA) is 99.7 Å². The van der Waals surface area contributed by atoms with Gasteiger partial charge in [0.05, 0.1) is 18.2 Å². The zero-order valence-electron chi connectivity index (χ0n) is 20.6. The van der Waals surface area contributed by atoms with Crippen molar-refractivity contribution in [3.8, 4) is 0 Å². The maximum absolute atomic E-state index is 12.6. The summed E-state index contributed by atoms with van der Waals surface area (Å²) in [5.74, 6) is 0.309. The van der Waals surface area contributed by atoms with Crippen LogP contribution >= 0.6 is 0 Å². The van der Waals surface area contributed by atoms with E-state index in [0.717, 1.165) is 18.4 Å². The third-order valence-corrected chi connectivity index (χ3v) is 4.89. The molecule has 1 rings (SSSR count). The van der Waals surface area contributed by atoms with Crippen LogP contribution in [-0.2, 0) is 16.0 Å². The van der Waals surface area contributed by atoms with Crippen LogP contribution < -0.4 is 16.0 Å². The van der Waals surface area contributed by atoms with Gasteiger partial charge >= 0.3 is 6.09 Å². The molecular formula is C25H43N3O4. The Morgan fingerprint density at radius 1 is 1.09 bits per heavy atom. The second kappa shape index (κ2) is 14.1. The van der Waals surface area contributed by atoms with Crippen molar-refractivity contribution >= 4 is 12.0 Å². The summed E-state index contributed by atoms with van der Waals surface area (Å²) >= 11 is 0. The summed E-state index contributed by atoms with van der Waals surface area (Å²) in [5.41, 5.74) is 0.356. The number of aliphatic hydroxyl groups is 1. The molecule has 0 aliphatic heterocycles. The normalized spacial score (nSPS) is 14.5. The molecule has 1 aromatic rings. The van der Waals surface area contributed by atoms with E-state index >= 15 is 0 Å². The molecule has 0 saturated carbocycles. The van der Waals surface area contributed by atoms with Gasteiger partial charge in [-0.05, 0) is 45.1 Å². The molecule has 0 aliphatic carbocycles. The summed E-state index contributed by atoms with van der Waals surface area (Å²) in [5, 5.41) is 19.9. The number of benzene rings is 1. The van der Waals surface area contributed by atoms with Crippen LogP contribution in [0.25, 0.3) is 0 Å². The molecule has 7 heteroatoms. The van der Waals surface area contributed by atoms with E-state index in [9.17, 15) is 14.7 Å². The molecule has 0 unspecified atom stereocenters. The van der Waals surface area contributed by atoms with E-state index in [4.69, 9.17) is 4.74 Å². The van der Waals surface area contributed by atoms with Crippen molar-refractivity contribution < 1.29 is 19.4 Å². The SMILES string of the molecule is CCCC[C@H](NC[C@H](O)[C@H](Cc1ccccc1)NC(=O)OC(C)(C)C)C(=O)NCC(C)C. The van der Waals surface area contributed by atoms with E-state index in [1.807, 2.05) is 30.3 Å². The number of unbranched alkanes of at least 4 members (excludes halogenated alkanes) is 1. The summed E-state index contributed by atoms with van der Waals surface area (Å²) in [6, 6.07) is 8.72. The molecule has 1 aromatic carbocycles. The first-order chi connectivity index (χ1) is 15.0. The predicted molar refractivity (Wildman–Crippen MR) is 128 cm³/mol. The summed E-state index contributed by atoms with van der Waals surface area (Å²) in [6.45, 7) is 12.4. The lowest BCUT2D eigenvalue weighted by atomic mass is 10.0. The van der Waals surface area contributed by atoms with E-state index in [1.54, 1.807) is 20.8 Å². The van der Waals surface area contributed by atoms with Gasteiger partial charge in [-0.1, -0.05) is 63.9 Å². The van der Waals surface area contributed by atoms with Crippen molar-refractivity contribution in [3.63, 3.8) is 0 Å². The predicted octanol–water partition coefficient (Wildman–Crippen LogP) is 3.40. The van der Waals surface area contributed by atoms with Crippen LogP contribution in [0.3, 0.4) is 0 Å². The second-order valence-electron chi connectivity index (χ2n) is 9.75. The van der Waals surface area contributed by atoms with Gasteiger partial charge in [-0.2, -0.15) is 0 Å². The van der Waals surface area contributed by atoms with Crippen LogP contribution in [0.4, 0.5) is 4.79 Å². The Morgan fingerprint density at radius 2 is 1.75 bits per heavy atom. The van der Waals surface area contributed by atoms with Gasteiger partial charge in [-0.3, -0.25) is 4.79 Å². The third kappa shape index (κ3) is 12.1. The highest BCUT2D eigenvalue weighted by atomic mass is 16.6. The van der Waals surface area contributed by atoms with Gasteiger partial charge in [0.1, 0.15) is 5.60 Å². The molecule has 0 aromatic heterocycles. The van der Waals surface area contributed by atoms with E-state index in [1.165, 1.54) is 0 Å². The Hall–Kier alpha value is -2.12. The van der Waals surface area contributed by atoms with Gasteiger partial charge < -0.3 is 25.8 Å². The van der Waals surface area contributed by atoms with Gasteiger partial charge in [-0.25, -0.2) is 4.79 Å². The first-order valence-corrected chi connectivity index (χ1v) is 11.7. The van der Waals surface area contributed by atoms with Gasteiger partial charge in [0.25, 0.3) is 0 Å². The Bertz CT molecular complexity index is 674. The standard InChI is InChI=1S/C25H43N3O4/c1-7-8-14-20(23(30)27-16-18(2)3)26-17-22(29)21(15-19-12-10-9-11-13-19)28-24(31)32-25(4,5)6/h9-13,18,20-22,26,29H,7-8,14-17H2,1-6H3,(H,27,30)(H,28,31)/t20-,21-,22-/m0/s1. The second-order valence-corrected chi connectivity index (χ2v) is 9.75. The van der Waals surface area contributed by atoms with Crippen molar-refractivity contribution in [3.05, 3.63) is 35.9 Å². The van der Waals surface area contributed by atoms with Crippen LogP contribution in [0.2, 0.25) is 0 Å². The number of carbonyl (C=O) groups excluding carboxylic acids is 2. The monoisotopic (exact) mass is 449 g/mol. The quantitative estimate of drug-likeness (QED) is 0.370. The number of aliphatic hydroxyl groups excluding tert-OH is 1. The smallest absolute Gasteiger partial charge is 0.407 e. The largest absolute Gasteiger partial charge is 0.444 e. The minimum absolute atomic E-state index is 0.0564. The van der Waals surface area contributed by atoms with Gasteiger partial charge in [-0.15, -0.1) is 0 Å². The van der Waals surface area contributed by atoms with E-state index < -0.39 is 23.8 Å².